The normalized spacial score (nSPS) is 16.2. The fourth-order valence-electron chi connectivity index (χ4n) is 2.45. The van der Waals surface area contributed by atoms with E-state index in [4.69, 9.17) is 10.5 Å². The van der Waals surface area contributed by atoms with Gasteiger partial charge in [-0.1, -0.05) is 18.6 Å². The van der Waals surface area contributed by atoms with Gasteiger partial charge in [-0.3, -0.25) is 4.79 Å². The maximum Gasteiger partial charge on any atom is 0.252 e. The van der Waals surface area contributed by atoms with Crippen LogP contribution in [0.1, 0.15) is 36.0 Å². The minimum Gasteiger partial charge on any atom is -0.493 e. The predicted molar refractivity (Wildman–Crippen MR) is 75.4 cm³/mol. The zero-order chi connectivity index (χ0) is 13.5. The number of carbonyl (C=O) groups is 1. The molecular weight excluding hydrogens is 240 g/mol. The van der Waals surface area contributed by atoms with Crippen molar-refractivity contribution in [3.63, 3.8) is 0 Å². The van der Waals surface area contributed by atoms with E-state index in [9.17, 15) is 4.79 Å². The Morgan fingerprint density at radius 3 is 2.68 bits per heavy atom. The summed E-state index contributed by atoms with van der Waals surface area (Å²) in [7, 11) is 0. The number of hydrogen-bond acceptors (Lipinski definition) is 3. The van der Waals surface area contributed by atoms with Crippen molar-refractivity contribution in [3.8, 4) is 5.75 Å². The van der Waals surface area contributed by atoms with E-state index in [-0.39, 0.29) is 0 Å². The van der Waals surface area contributed by atoms with Gasteiger partial charge in [0.25, 0.3) is 5.91 Å². The molecule has 104 valence electrons. The molecule has 4 nitrogen and oxygen atoms in total. The highest BCUT2D eigenvalue weighted by Gasteiger charge is 2.10. The molecule has 0 aliphatic carbocycles. The lowest BCUT2D eigenvalue weighted by Gasteiger charge is -2.26. The first-order valence-electron chi connectivity index (χ1n) is 7.01. The SMILES string of the molecule is NC(=O)c1ccccc1OCCCN1CCCCC1. The summed E-state index contributed by atoms with van der Waals surface area (Å²) in [6.07, 6.45) is 4.96. The van der Waals surface area contributed by atoms with Crippen LogP contribution in [0.5, 0.6) is 5.75 Å². The fourth-order valence-corrected chi connectivity index (χ4v) is 2.45. The van der Waals surface area contributed by atoms with Gasteiger partial charge in [-0.05, 0) is 44.5 Å². The second-order valence-electron chi connectivity index (χ2n) is 4.96. The predicted octanol–water partition coefficient (Wildman–Crippen LogP) is 2.04. The van der Waals surface area contributed by atoms with Crippen LogP contribution in [0.3, 0.4) is 0 Å². The van der Waals surface area contributed by atoms with Gasteiger partial charge in [0.05, 0.1) is 12.2 Å². The first-order chi connectivity index (χ1) is 9.27. The van der Waals surface area contributed by atoms with Crippen molar-refractivity contribution in [1.82, 2.24) is 4.90 Å². The van der Waals surface area contributed by atoms with Gasteiger partial charge in [0, 0.05) is 6.54 Å². The standard InChI is InChI=1S/C15H22N2O2/c16-15(18)13-7-2-3-8-14(13)19-12-6-11-17-9-4-1-5-10-17/h2-3,7-8H,1,4-6,9-12H2,(H2,16,18). The number of para-hydroxylation sites is 1. The highest BCUT2D eigenvalue weighted by molar-refractivity contribution is 5.95. The van der Waals surface area contributed by atoms with Crippen LogP contribution in [0.25, 0.3) is 0 Å². The average molecular weight is 262 g/mol. The topological polar surface area (TPSA) is 55.6 Å². The largest absolute Gasteiger partial charge is 0.493 e. The summed E-state index contributed by atoms with van der Waals surface area (Å²) in [6.45, 7) is 4.11. The van der Waals surface area contributed by atoms with Crippen molar-refractivity contribution in [2.24, 2.45) is 5.73 Å². The van der Waals surface area contributed by atoms with Gasteiger partial charge in [0.1, 0.15) is 5.75 Å². The molecule has 0 radical (unpaired) electrons. The molecule has 1 aliphatic heterocycles. The molecule has 1 aromatic rings. The Hall–Kier alpha value is -1.55. The van der Waals surface area contributed by atoms with Gasteiger partial charge in [0.2, 0.25) is 0 Å². The lowest BCUT2D eigenvalue weighted by atomic mass is 10.1. The van der Waals surface area contributed by atoms with Crippen LogP contribution < -0.4 is 10.5 Å². The zero-order valence-electron chi connectivity index (χ0n) is 11.3. The van der Waals surface area contributed by atoms with Gasteiger partial charge in [0.15, 0.2) is 0 Å². The quantitative estimate of drug-likeness (QED) is 0.798. The van der Waals surface area contributed by atoms with Crippen LogP contribution in [0.4, 0.5) is 0 Å². The highest BCUT2D eigenvalue weighted by Crippen LogP contribution is 2.17. The van der Waals surface area contributed by atoms with Crippen molar-refractivity contribution in [1.29, 1.82) is 0 Å². The highest BCUT2D eigenvalue weighted by atomic mass is 16.5. The summed E-state index contributed by atoms with van der Waals surface area (Å²) in [5.74, 6) is 0.153. The molecule has 1 heterocycles. The maximum atomic E-state index is 11.2. The van der Waals surface area contributed by atoms with E-state index < -0.39 is 5.91 Å². The second-order valence-corrected chi connectivity index (χ2v) is 4.96. The Bertz CT molecular complexity index is 414. The fraction of sp³-hybridized carbons (Fsp3) is 0.533. The second kappa shape index (κ2) is 7.14. The van der Waals surface area contributed by atoms with Gasteiger partial charge in [-0.2, -0.15) is 0 Å². The molecule has 0 saturated carbocycles. The average Bonchev–Trinajstić information content (AvgIpc) is 2.45. The summed E-state index contributed by atoms with van der Waals surface area (Å²) < 4.78 is 5.66. The van der Waals surface area contributed by atoms with Crippen molar-refractivity contribution >= 4 is 5.91 Å². The smallest absolute Gasteiger partial charge is 0.252 e. The number of ether oxygens (including phenoxy) is 1. The van der Waals surface area contributed by atoms with Crippen LogP contribution in [0.2, 0.25) is 0 Å². The summed E-state index contributed by atoms with van der Waals surface area (Å²) in [5, 5.41) is 0. The minimum atomic E-state index is -0.438. The molecule has 0 atom stereocenters. The van der Waals surface area contributed by atoms with Gasteiger partial charge in [-0.15, -0.1) is 0 Å². The number of benzene rings is 1. The summed E-state index contributed by atoms with van der Waals surface area (Å²) >= 11 is 0. The zero-order valence-corrected chi connectivity index (χ0v) is 11.3. The number of piperidine rings is 1. The summed E-state index contributed by atoms with van der Waals surface area (Å²) in [5.41, 5.74) is 5.77. The monoisotopic (exact) mass is 262 g/mol. The van der Waals surface area contributed by atoms with E-state index in [1.807, 2.05) is 6.07 Å². The van der Waals surface area contributed by atoms with E-state index in [0.717, 1.165) is 13.0 Å². The lowest BCUT2D eigenvalue weighted by molar-refractivity contribution is 0.0996. The molecular formula is C15H22N2O2. The van der Waals surface area contributed by atoms with E-state index in [1.165, 1.54) is 32.4 Å². The molecule has 2 N–H and O–H groups in total. The Balaban J connectivity index is 1.74. The minimum absolute atomic E-state index is 0.438. The van der Waals surface area contributed by atoms with E-state index in [1.54, 1.807) is 18.2 Å². The van der Waals surface area contributed by atoms with Gasteiger partial charge in [-0.25, -0.2) is 0 Å². The van der Waals surface area contributed by atoms with Crippen LogP contribution in [-0.4, -0.2) is 37.0 Å². The van der Waals surface area contributed by atoms with E-state index >= 15 is 0 Å². The first kappa shape index (κ1) is 13.9. The van der Waals surface area contributed by atoms with Crippen LogP contribution >= 0.6 is 0 Å². The third-order valence-corrected chi connectivity index (χ3v) is 3.48. The van der Waals surface area contributed by atoms with Crippen LogP contribution in [0, 0.1) is 0 Å². The van der Waals surface area contributed by atoms with Gasteiger partial charge < -0.3 is 15.4 Å². The molecule has 0 bridgehead atoms. The molecule has 1 saturated heterocycles. The Morgan fingerprint density at radius 2 is 1.95 bits per heavy atom. The van der Waals surface area contributed by atoms with Gasteiger partial charge >= 0.3 is 0 Å². The number of nitrogens with two attached hydrogens (primary N) is 1. The molecule has 0 unspecified atom stereocenters. The molecule has 19 heavy (non-hydrogen) atoms. The number of amides is 1. The third kappa shape index (κ3) is 4.24. The molecule has 1 aromatic carbocycles. The van der Waals surface area contributed by atoms with Crippen molar-refractivity contribution in [3.05, 3.63) is 29.8 Å². The van der Waals surface area contributed by atoms with Crippen molar-refractivity contribution in [2.45, 2.75) is 25.7 Å². The molecule has 1 fully saturated rings. The number of primary amides is 1. The molecule has 1 aliphatic rings. The maximum absolute atomic E-state index is 11.2. The number of hydrogen-bond donors (Lipinski definition) is 1. The molecule has 0 spiro atoms. The number of rotatable bonds is 6. The van der Waals surface area contributed by atoms with Crippen molar-refractivity contribution in [2.75, 3.05) is 26.2 Å². The summed E-state index contributed by atoms with van der Waals surface area (Å²) in [6, 6.07) is 7.14. The van der Waals surface area contributed by atoms with Crippen LogP contribution in [-0.2, 0) is 0 Å². The third-order valence-electron chi connectivity index (χ3n) is 3.48. The number of likely N-dealkylation sites (tertiary alicyclic amines) is 1. The number of carbonyl (C=O) groups excluding carboxylic acids is 1. The van der Waals surface area contributed by atoms with E-state index in [2.05, 4.69) is 4.90 Å². The summed E-state index contributed by atoms with van der Waals surface area (Å²) in [4.78, 5) is 13.7. The van der Waals surface area contributed by atoms with Crippen LogP contribution in [0.15, 0.2) is 24.3 Å². The Kier molecular flexibility index (Phi) is 5.21. The number of nitrogens with zero attached hydrogens (tertiary/aromatic N) is 1. The molecule has 1 amide bonds. The van der Waals surface area contributed by atoms with E-state index in [0.29, 0.717) is 17.9 Å². The molecule has 4 heteroatoms. The van der Waals surface area contributed by atoms with Crippen molar-refractivity contribution < 1.29 is 9.53 Å². The first-order valence-corrected chi connectivity index (χ1v) is 7.01. The lowest BCUT2D eigenvalue weighted by Crippen LogP contribution is -2.31. The molecule has 0 aromatic heterocycles. The Morgan fingerprint density at radius 1 is 1.21 bits per heavy atom. The molecule has 2 rings (SSSR count). The Labute approximate surface area is 114 Å².